The highest BCUT2D eigenvalue weighted by molar-refractivity contribution is 5.89. The fourth-order valence-corrected chi connectivity index (χ4v) is 2.12. The van der Waals surface area contributed by atoms with E-state index in [-0.39, 0.29) is 17.2 Å². The fourth-order valence-electron chi connectivity index (χ4n) is 2.12. The number of ether oxygens (including phenoxy) is 1. The number of aromatic nitrogens is 3. The average Bonchev–Trinajstić information content (AvgIpc) is 2.62. The number of anilines is 2. The average molecular weight is 322 g/mol. The molecule has 0 fully saturated rings. The molecule has 7 nitrogen and oxygen atoms in total. The second kappa shape index (κ2) is 6.74. The molecular weight excluding hydrogens is 308 g/mol. The normalized spacial score (nSPS) is 10.2. The number of carbonyl (C=O) groups is 1. The van der Waals surface area contributed by atoms with Gasteiger partial charge in [0.05, 0.1) is 12.7 Å². The molecule has 3 rings (SSSR count). The molecule has 0 saturated heterocycles. The zero-order chi connectivity index (χ0) is 16.9. The van der Waals surface area contributed by atoms with Gasteiger partial charge in [0.15, 0.2) is 5.69 Å². The van der Waals surface area contributed by atoms with Crippen LogP contribution in [0.4, 0.5) is 11.6 Å². The Morgan fingerprint density at radius 2 is 1.75 bits per heavy atom. The van der Waals surface area contributed by atoms with Gasteiger partial charge in [-0.05, 0) is 24.3 Å². The van der Waals surface area contributed by atoms with Crippen LogP contribution in [-0.2, 0) is 4.74 Å². The van der Waals surface area contributed by atoms with E-state index in [9.17, 15) is 9.59 Å². The second-order valence-electron chi connectivity index (χ2n) is 4.91. The van der Waals surface area contributed by atoms with E-state index in [4.69, 9.17) is 0 Å². The molecule has 0 saturated carbocycles. The molecular formula is C17H14N4O3. The Hall–Kier alpha value is -3.48. The molecule has 1 aromatic heterocycles. The van der Waals surface area contributed by atoms with Crippen LogP contribution in [0.1, 0.15) is 10.4 Å². The summed E-state index contributed by atoms with van der Waals surface area (Å²) < 4.78 is 4.64. The smallest absolute Gasteiger partial charge is 0.337 e. The predicted molar refractivity (Wildman–Crippen MR) is 89.2 cm³/mol. The molecule has 120 valence electrons. The van der Waals surface area contributed by atoms with E-state index in [2.05, 4.69) is 25.2 Å². The van der Waals surface area contributed by atoms with Crippen molar-refractivity contribution >= 4 is 17.6 Å². The van der Waals surface area contributed by atoms with Crippen LogP contribution in [-0.4, -0.2) is 28.3 Å². The van der Waals surface area contributed by atoms with Crippen LogP contribution in [0.5, 0.6) is 0 Å². The molecule has 1 heterocycles. The van der Waals surface area contributed by atoms with Crippen LogP contribution < -0.4 is 10.9 Å². The lowest BCUT2D eigenvalue weighted by molar-refractivity contribution is 0.0601. The van der Waals surface area contributed by atoms with Gasteiger partial charge in [-0.3, -0.25) is 9.78 Å². The van der Waals surface area contributed by atoms with E-state index in [1.165, 1.54) is 7.11 Å². The summed E-state index contributed by atoms with van der Waals surface area (Å²) in [5.74, 6) is -0.201. The van der Waals surface area contributed by atoms with E-state index >= 15 is 0 Å². The summed E-state index contributed by atoms with van der Waals surface area (Å²) in [6.07, 6.45) is 0. The minimum absolute atomic E-state index is 0.213. The van der Waals surface area contributed by atoms with Gasteiger partial charge < -0.3 is 10.1 Å². The minimum Gasteiger partial charge on any atom is -0.465 e. The van der Waals surface area contributed by atoms with Crippen molar-refractivity contribution in [2.75, 3.05) is 12.4 Å². The maximum absolute atomic E-state index is 12.2. The number of nitrogens with one attached hydrogen (secondary N) is 2. The van der Waals surface area contributed by atoms with Crippen LogP contribution in [0.3, 0.4) is 0 Å². The molecule has 0 unspecified atom stereocenters. The Bertz CT molecular complexity index is 905. The van der Waals surface area contributed by atoms with Gasteiger partial charge in [-0.15, -0.1) is 10.2 Å². The molecule has 7 heteroatoms. The topological polar surface area (TPSA) is 97.0 Å². The number of methoxy groups -OCH3 is 1. The van der Waals surface area contributed by atoms with Gasteiger partial charge in [0.2, 0.25) is 5.95 Å². The Morgan fingerprint density at radius 1 is 1.04 bits per heavy atom. The van der Waals surface area contributed by atoms with Gasteiger partial charge in [0, 0.05) is 11.3 Å². The van der Waals surface area contributed by atoms with Gasteiger partial charge in [0.1, 0.15) is 0 Å². The van der Waals surface area contributed by atoms with Gasteiger partial charge in [-0.1, -0.05) is 30.3 Å². The Labute approximate surface area is 137 Å². The zero-order valence-corrected chi connectivity index (χ0v) is 12.8. The number of carbonyl (C=O) groups excluding carboxylic acids is 1. The third kappa shape index (κ3) is 3.30. The number of esters is 1. The number of hydrogen-bond donors (Lipinski definition) is 2. The van der Waals surface area contributed by atoms with E-state index in [1.807, 2.05) is 18.2 Å². The fraction of sp³-hybridized carbons (Fsp3) is 0.0588. The number of rotatable bonds is 4. The molecule has 2 aromatic carbocycles. The number of benzene rings is 2. The van der Waals surface area contributed by atoms with Gasteiger partial charge in [0.25, 0.3) is 5.56 Å². The molecule has 3 aromatic rings. The largest absolute Gasteiger partial charge is 0.465 e. The number of hydrogen-bond acceptors (Lipinski definition) is 6. The molecule has 0 aliphatic rings. The number of aromatic amines is 1. The summed E-state index contributed by atoms with van der Waals surface area (Å²) in [5, 5.41) is 10.9. The molecule has 0 atom stereocenters. The summed E-state index contributed by atoms with van der Waals surface area (Å²) in [6.45, 7) is 0. The highest BCUT2D eigenvalue weighted by atomic mass is 16.5. The van der Waals surface area contributed by atoms with E-state index < -0.39 is 5.97 Å². The first-order valence-corrected chi connectivity index (χ1v) is 7.15. The Balaban J connectivity index is 1.80. The highest BCUT2D eigenvalue weighted by Gasteiger charge is 2.08. The first kappa shape index (κ1) is 15.4. The van der Waals surface area contributed by atoms with Crippen molar-refractivity contribution in [2.45, 2.75) is 0 Å². The van der Waals surface area contributed by atoms with Crippen molar-refractivity contribution in [3.8, 4) is 11.3 Å². The van der Waals surface area contributed by atoms with E-state index in [0.29, 0.717) is 16.8 Å². The van der Waals surface area contributed by atoms with Crippen LogP contribution >= 0.6 is 0 Å². The molecule has 0 radical (unpaired) electrons. The summed E-state index contributed by atoms with van der Waals surface area (Å²) in [6, 6.07) is 15.7. The summed E-state index contributed by atoms with van der Waals surface area (Å²) in [4.78, 5) is 26.2. The van der Waals surface area contributed by atoms with Gasteiger partial charge in [-0.2, -0.15) is 0 Å². The first-order chi connectivity index (χ1) is 11.7. The van der Waals surface area contributed by atoms with Crippen molar-refractivity contribution in [2.24, 2.45) is 0 Å². The summed E-state index contributed by atoms with van der Waals surface area (Å²) >= 11 is 0. The third-order valence-electron chi connectivity index (χ3n) is 3.31. The molecule has 0 aliphatic heterocycles. The Morgan fingerprint density at radius 3 is 2.38 bits per heavy atom. The zero-order valence-electron chi connectivity index (χ0n) is 12.8. The molecule has 0 spiro atoms. The molecule has 0 aliphatic carbocycles. The van der Waals surface area contributed by atoms with Crippen molar-refractivity contribution in [3.05, 3.63) is 70.5 Å². The predicted octanol–water partition coefficient (Wildman–Crippen LogP) is 2.36. The second-order valence-corrected chi connectivity index (χ2v) is 4.91. The van der Waals surface area contributed by atoms with Gasteiger partial charge in [-0.25, -0.2) is 4.79 Å². The first-order valence-electron chi connectivity index (χ1n) is 7.15. The molecule has 0 amide bonds. The standard InChI is InChI=1S/C17H14N4O3/c1-24-16(23)12-7-9-13(10-8-12)18-17-19-15(22)14(20-21-17)11-5-3-2-4-6-11/h2-10H,1H3,(H2,18,19,21,22). The van der Waals surface area contributed by atoms with Crippen LogP contribution in [0.15, 0.2) is 59.4 Å². The molecule has 0 bridgehead atoms. The monoisotopic (exact) mass is 322 g/mol. The van der Waals surface area contributed by atoms with E-state index in [1.54, 1.807) is 36.4 Å². The molecule has 24 heavy (non-hydrogen) atoms. The summed E-state index contributed by atoms with van der Waals surface area (Å²) in [7, 11) is 1.32. The maximum Gasteiger partial charge on any atom is 0.337 e. The maximum atomic E-state index is 12.2. The van der Waals surface area contributed by atoms with Crippen molar-refractivity contribution < 1.29 is 9.53 Å². The van der Waals surface area contributed by atoms with Gasteiger partial charge >= 0.3 is 5.97 Å². The summed E-state index contributed by atoms with van der Waals surface area (Å²) in [5.41, 5.74) is 1.69. The third-order valence-corrected chi connectivity index (χ3v) is 3.31. The van der Waals surface area contributed by atoms with Crippen molar-refractivity contribution in [1.29, 1.82) is 0 Å². The number of H-pyrrole nitrogens is 1. The lowest BCUT2D eigenvalue weighted by Gasteiger charge is -2.06. The lowest BCUT2D eigenvalue weighted by Crippen LogP contribution is -2.15. The lowest BCUT2D eigenvalue weighted by atomic mass is 10.2. The van der Waals surface area contributed by atoms with Crippen molar-refractivity contribution in [3.63, 3.8) is 0 Å². The highest BCUT2D eigenvalue weighted by Crippen LogP contribution is 2.15. The van der Waals surface area contributed by atoms with Crippen LogP contribution in [0.25, 0.3) is 11.3 Å². The SMILES string of the molecule is COC(=O)c1ccc(Nc2nnc(-c3ccccc3)c(=O)[nH]2)cc1. The van der Waals surface area contributed by atoms with Crippen LogP contribution in [0, 0.1) is 0 Å². The van der Waals surface area contributed by atoms with Crippen LogP contribution in [0.2, 0.25) is 0 Å². The van der Waals surface area contributed by atoms with E-state index in [0.717, 1.165) is 0 Å². The quantitative estimate of drug-likeness (QED) is 0.716. The minimum atomic E-state index is -0.415. The number of nitrogens with zero attached hydrogens (tertiary/aromatic N) is 2. The Kier molecular flexibility index (Phi) is 4.33. The molecule has 2 N–H and O–H groups in total. The van der Waals surface area contributed by atoms with Crippen molar-refractivity contribution in [1.82, 2.24) is 15.2 Å².